The number of halogens is 1. The third-order valence-electron chi connectivity index (χ3n) is 4.47. The van der Waals surface area contributed by atoms with Crippen LogP contribution in [0.15, 0.2) is 24.5 Å². The molecule has 2 aliphatic rings. The molecular weight excluding hydrogens is 282 g/mol. The molecule has 1 aromatic heterocycles. The monoisotopic (exact) mass is 301 g/mol. The molecule has 0 amide bonds. The van der Waals surface area contributed by atoms with E-state index >= 15 is 0 Å². The van der Waals surface area contributed by atoms with E-state index < -0.39 is 0 Å². The molecule has 1 N–H and O–H groups in total. The number of aromatic nitrogens is 2. The van der Waals surface area contributed by atoms with Gasteiger partial charge in [0, 0.05) is 18.3 Å². The molecule has 0 unspecified atom stereocenters. The lowest BCUT2D eigenvalue weighted by Gasteiger charge is -2.15. The molecule has 1 fully saturated rings. The van der Waals surface area contributed by atoms with Crippen LogP contribution in [0, 0.1) is 0 Å². The molecule has 1 heterocycles. The molecule has 0 aliphatic heterocycles. The summed E-state index contributed by atoms with van der Waals surface area (Å²) in [4.78, 5) is 4.56. The maximum Gasteiger partial charge on any atom is 0.0998 e. The molecule has 4 rings (SSSR count). The maximum absolute atomic E-state index is 6.52. The van der Waals surface area contributed by atoms with Gasteiger partial charge in [-0.15, -0.1) is 0 Å². The molecule has 1 aromatic carbocycles. The smallest absolute Gasteiger partial charge is 0.0998 e. The van der Waals surface area contributed by atoms with Crippen molar-refractivity contribution in [2.45, 2.75) is 51.1 Å². The number of aryl methyl sites for hydroxylation is 1. The number of nitrogens with one attached hydrogen (secondary N) is 1. The van der Waals surface area contributed by atoms with E-state index in [4.69, 9.17) is 11.6 Å². The Kier molecular flexibility index (Phi) is 3.48. The zero-order valence-corrected chi connectivity index (χ0v) is 12.9. The highest BCUT2D eigenvalue weighted by Gasteiger charge is 2.20. The normalized spacial score (nSPS) is 17.8. The van der Waals surface area contributed by atoms with E-state index in [-0.39, 0.29) is 0 Å². The summed E-state index contributed by atoms with van der Waals surface area (Å²) in [7, 11) is 0. The summed E-state index contributed by atoms with van der Waals surface area (Å²) < 4.78 is 2.18. The molecule has 1 saturated carbocycles. The highest BCUT2D eigenvalue weighted by molar-refractivity contribution is 6.32. The molecule has 3 nitrogen and oxygen atoms in total. The lowest BCUT2D eigenvalue weighted by Crippen LogP contribution is -2.15. The van der Waals surface area contributed by atoms with Crippen molar-refractivity contribution in [3.8, 4) is 5.69 Å². The summed E-state index contributed by atoms with van der Waals surface area (Å²) in [5.74, 6) is 0. The quantitative estimate of drug-likeness (QED) is 0.934. The first-order valence-corrected chi connectivity index (χ1v) is 8.26. The van der Waals surface area contributed by atoms with Crippen molar-refractivity contribution in [1.29, 1.82) is 0 Å². The lowest BCUT2D eigenvalue weighted by atomic mass is 10.0. The average Bonchev–Trinajstić information content (AvgIpc) is 3.24. The van der Waals surface area contributed by atoms with E-state index in [1.807, 2.05) is 6.33 Å². The second-order valence-electron chi connectivity index (χ2n) is 6.16. The van der Waals surface area contributed by atoms with Crippen molar-refractivity contribution in [3.05, 3.63) is 46.5 Å². The summed E-state index contributed by atoms with van der Waals surface area (Å²) >= 11 is 6.52. The largest absolute Gasteiger partial charge is 0.310 e. The molecule has 2 aromatic rings. The van der Waals surface area contributed by atoms with Crippen LogP contribution in [0.2, 0.25) is 5.02 Å². The van der Waals surface area contributed by atoms with Gasteiger partial charge in [0.1, 0.15) is 0 Å². The fraction of sp³-hybridized carbons (Fsp3) is 0.471. The molecule has 0 saturated heterocycles. The summed E-state index contributed by atoms with van der Waals surface area (Å²) in [5.41, 5.74) is 4.90. The second-order valence-corrected chi connectivity index (χ2v) is 6.56. The highest BCUT2D eigenvalue weighted by Crippen LogP contribution is 2.28. The molecular formula is C17H20ClN3. The summed E-state index contributed by atoms with van der Waals surface area (Å²) in [6, 6.07) is 7.11. The maximum atomic E-state index is 6.52. The summed E-state index contributed by atoms with van der Waals surface area (Å²) in [6.45, 7) is 0.909. The molecule has 0 radical (unpaired) electrons. The standard InChI is InChI=1S/C17H20ClN3/c18-14-9-12(10-19-13-6-7-13)5-8-16(14)21-11-20-15-3-1-2-4-17(15)21/h5,8-9,11,13,19H,1-4,6-7,10H2. The molecule has 110 valence electrons. The van der Waals surface area contributed by atoms with Gasteiger partial charge in [-0.25, -0.2) is 4.98 Å². The van der Waals surface area contributed by atoms with Crippen LogP contribution in [0.5, 0.6) is 0 Å². The van der Waals surface area contributed by atoms with Crippen molar-refractivity contribution in [2.75, 3.05) is 0 Å². The number of hydrogen-bond acceptors (Lipinski definition) is 2. The molecule has 0 bridgehead atoms. The third kappa shape index (κ3) is 2.72. The van der Waals surface area contributed by atoms with Crippen LogP contribution in [0.3, 0.4) is 0 Å². The van der Waals surface area contributed by atoms with Crippen LogP contribution in [-0.4, -0.2) is 15.6 Å². The third-order valence-corrected chi connectivity index (χ3v) is 4.78. The number of hydrogen-bond donors (Lipinski definition) is 1. The summed E-state index contributed by atoms with van der Waals surface area (Å²) in [6.07, 6.45) is 9.27. The number of benzene rings is 1. The molecule has 4 heteroatoms. The van der Waals surface area contributed by atoms with Gasteiger partial charge in [0.2, 0.25) is 0 Å². The topological polar surface area (TPSA) is 29.9 Å². The van der Waals surface area contributed by atoms with Crippen LogP contribution in [0.1, 0.15) is 42.6 Å². The van der Waals surface area contributed by atoms with Crippen molar-refractivity contribution in [2.24, 2.45) is 0 Å². The fourth-order valence-electron chi connectivity index (χ4n) is 3.08. The Bertz CT molecular complexity index is 658. The first-order valence-electron chi connectivity index (χ1n) is 7.88. The molecule has 0 spiro atoms. The Balaban J connectivity index is 1.60. The predicted octanol–water partition coefficient (Wildman–Crippen LogP) is 3.66. The predicted molar refractivity (Wildman–Crippen MR) is 85.1 cm³/mol. The van der Waals surface area contributed by atoms with Crippen molar-refractivity contribution >= 4 is 11.6 Å². The zero-order chi connectivity index (χ0) is 14.2. The average molecular weight is 302 g/mol. The van der Waals surface area contributed by atoms with E-state index in [0.717, 1.165) is 36.1 Å². The van der Waals surface area contributed by atoms with Gasteiger partial charge in [-0.2, -0.15) is 0 Å². The van der Waals surface area contributed by atoms with Gasteiger partial charge in [-0.3, -0.25) is 0 Å². The number of fused-ring (bicyclic) bond motifs is 1. The van der Waals surface area contributed by atoms with Crippen LogP contribution in [0.4, 0.5) is 0 Å². The van der Waals surface area contributed by atoms with Crippen molar-refractivity contribution in [3.63, 3.8) is 0 Å². The lowest BCUT2D eigenvalue weighted by molar-refractivity contribution is 0.656. The first-order chi connectivity index (χ1) is 10.3. The number of rotatable bonds is 4. The minimum absolute atomic E-state index is 0.726. The minimum Gasteiger partial charge on any atom is -0.310 e. The van der Waals surface area contributed by atoms with Gasteiger partial charge in [0.15, 0.2) is 0 Å². The Morgan fingerprint density at radius 1 is 1.24 bits per heavy atom. The van der Waals surface area contributed by atoms with E-state index in [1.54, 1.807) is 0 Å². The second kappa shape index (κ2) is 5.47. The fourth-order valence-corrected chi connectivity index (χ4v) is 3.38. The minimum atomic E-state index is 0.726. The first kappa shape index (κ1) is 13.4. The Labute approximate surface area is 130 Å². The molecule has 0 atom stereocenters. The van der Waals surface area contributed by atoms with Crippen LogP contribution >= 0.6 is 11.6 Å². The highest BCUT2D eigenvalue weighted by atomic mass is 35.5. The van der Waals surface area contributed by atoms with E-state index in [9.17, 15) is 0 Å². The van der Waals surface area contributed by atoms with Crippen molar-refractivity contribution in [1.82, 2.24) is 14.9 Å². The van der Waals surface area contributed by atoms with Crippen LogP contribution in [0.25, 0.3) is 5.69 Å². The van der Waals surface area contributed by atoms with E-state index in [2.05, 4.69) is 33.1 Å². The van der Waals surface area contributed by atoms with Gasteiger partial charge < -0.3 is 9.88 Å². The zero-order valence-electron chi connectivity index (χ0n) is 12.1. The SMILES string of the molecule is Clc1cc(CNC2CC2)ccc1-n1cnc2c1CCCC2. The van der Waals surface area contributed by atoms with Gasteiger partial charge in [0.25, 0.3) is 0 Å². The molecule has 2 aliphatic carbocycles. The van der Waals surface area contributed by atoms with E-state index in [0.29, 0.717) is 0 Å². The van der Waals surface area contributed by atoms with Gasteiger partial charge in [0.05, 0.1) is 22.7 Å². The van der Waals surface area contributed by atoms with Gasteiger partial charge in [-0.1, -0.05) is 17.7 Å². The number of nitrogens with zero attached hydrogens (tertiary/aromatic N) is 2. The number of imidazole rings is 1. The Morgan fingerprint density at radius 2 is 2.10 bits per heavy atom. The molecule has 21 heavy (non-hydrogen) atoms. The summed E-state index contributed by atoms with van der Waals surface area (Å²) in [5, 5.41) is 4.34. The van der Waals surface area contributed by atoms with Gasteiger partial charge >= 0.3 is 0 Å². The van der Waals surface area contributed by atoms with Crippen LogP contribution < -0.4 is 5.32 Å². The Morgan fingerprint density at radius 3 is 2.90 bits per heavy atom. The van der Waals surface area contributed by atoms with Crippen molar-refractivity contribution < 1.29 is 0 Å². The van der Waals surface area contributed by atoms with Crippen LogP contribution in [-0.2, 0) is 19.4 Å². The van der Waals surface area contributed by atoms with E-state index in [1.165, 1.54) is 42.6 Å². The Hall–Kier alpha value is -1.32. The van der Waals surface area contributed by atoms with Gasteiger partial charge in [-0.05, 0) is 56.2 Å².